The second-order valence-electron chi connectivity index (χ2n) is 6.74. The molecule has 2 amide bonds. The summed E-state index contributed by atoms with van der Waals surface area (Å²) in [7, 11) is 0. The SMILES string of the molecule is O=C1CSc2ccc(C(=O)N3CCN(Cc4ccc(Cl)cc4)CC3)cc2N1. The Labute approximate surface area is 167 Å². The van der Waals surface area contributed by atoms with Gasteiger partial charge in [0.2, 0.25) is 5.91 Å². The molecule has 0 bridgehead atoms. The predicted octanol–water partition coefficient (Wildman–Crippen LogP) is 3.34. The lowest BCUT2D eigenvalue weighted by atomic mass is 10.1. The molecule has 2 heterocycles. The quantitative estimate of drug-likeness (QED) is 0.857. The van der Waals surface area contributed by atoms with Crippen LogP contribution in [0.4, 0.5) is 5.69 Å². The van der Waals surface area contributed by atoms with Crippen LogP contribution < -0.4 is 5.32 Å². The van der Waals surface area contributed by atoms with E-state index in [4.69, 9.17) is 11.6 Å². The van der Waals surface area contributed by atoms with Crippen molar-refractivity contribution in [3.05, 3.63) is 58.6 Å². The molecule has 2 aromatic rings. The summed E-state index contributed by atoms with van der Waals surface area (Å²) in [5.74, 6) is 0.428. The van der Waals surface area contributed by atoms with Crippen molar-refractivity contribution >= 4 is 40.9 Å². The molecular formula is C20H20ClN3O2S. The maximum Gasteiger partial charge on any atom is 0.254 e. The van der Waals surface area contributed by atoms with Crippen molar-refractivity contribution in [2.45, 2.75) is 11.4 Å². The minimum Gasteiger partial charge on any atom is -0.336 e. The maximum atomic E-state index is 12.8. The highest BCUT2D eigenvalue weighted by Crippen LogP contribution is 2.32. The van der Waals surface area contributed by atoms with Crippen molar-refractivity contribution in [1.82, 2.24) is 9.80 Å². The minimum absolute atomic E-state index is 0.0205. The molecule has 2 aliphatic rings. The van der Waals surface area contributed by atoms with Gasteiger partial charge in [0.1, 0.15) is 0 Å². The summed E-state index contributed by atoms with van der Waals surface area (Å²) in [6.07, 6.45) is 0. The molecule has 7 heteroatoms. The number of hydrogen-bond acceptors (Lipinski definition) is 4. The van der Waals surface area contributed by atoms with E-state index < -0.39 is 0 Å². The summed E-state index contributed by atoms with van der Waals surface area (Å²) < 4.78 is 0. The second kappa shape index (κ2) is 7.92. The normalized spacial score (nSPS) is 17.4. The van der Waals surface area contributed by atoms with Gasteiger partial charge in [-0.1, -0.05) is 23.7 Å². The van der Waals surface area contributed by atoms with Crippen molar-refractivity contribution in [3.8, 4) is 0 Å². The Morgan fingerprint density at radius 3 is 2.56 bits per heavy atom. The van der Waals surface area contributed by atoms with Crippen molar-refractivity contribution in [3.63, 3.8) is 0 Å². The zero-order valence-electron chi connectivity index (χ0n) is 14.8. The van der Waals surface area contributed by atoms with Crippen molar-refractivity contribution in [1.29, 1.82) is 0 Å². The van der Waals surface area contributed by atoms with E-state index in [1.54, 1.807) is 6.07 Å². The molecule has 0 atom stereocenters. The van der Waals surface area contributed by atoms with Crippen LogP contribution in [0, 0.1) is 0 Å². The Balaban J connectivity index is 1.36. The number of fused-ring (bicyclic) bond motifs is 1. The average molecular weight is 402 g/mol. The number of piperazine rings is 1. The first-order valence-electron chi connectivity index (χ1n) is 8.91. The first-order valence-corrected chi connectivity index (χ1v) is 10.3. The van der Waals surface area contributed by atoms with E-state index in [0.29, 0.717) is 24.4 Å². The van der Waals surface area contributed by atoms with Gasteiger partial charge in [0, 0.05) is 48.2 Å². The van der Waals surface area contributed by atoms with Crippen LogP contribution in [-0.2, 0) is 11.3 Å². The van der Waals surface area contributed by atoms with E-state index >= 15 is 0 Å². The van der Waals surface area contributed by atoms with Gasteiger partial charge in [0.15, 0.2) is 0 Å². The van der Waals surface area contributed by atoms with Gasteiger partial charge in [-0.2, -0.15) is 0 Å². The van der Waals surface area contributed by atoms with Crippen LogP contribution in [0.25, 0.3) is 0 Å². The van der Waals surface area contributed by atoms with E-state index in [0.717, 1.165) is 35.2 Å². The maximum absolute atomic E-state index is 12.8. The molecule has 140 valence electrons. The third-order valence-electron chi connectivity index (χ3n) is 4.84. The van der Waals surface area contributed by atoms with Crippen molar-refractivity contribution < 1.29 is 9.59 Å². The Bertz CT molecular complexity index is 864. The van der Waals surface area contributed by atoms with Gasteiger partial charge in [-0.05, 0) is 35.9 Å². The number of hydrogen-bond donors (Lipinski definition) is 1. The molecule has 0 radical (unpaired) electrons. The van der Waals surface area contributed by atoms with Crippen molar-refractivity contribution in [2.75, 3.05) is 37.2 Å². The van der Waals surface area contributed by atoms with Gasteiger partial charge in [-0.3, -0.25) is 14.5 Å². The van der Waals surface area contributed by atoms with E-state index in [9.17, 15) is 9.59 Å². The van der Waals surface area contributed by atoms with Gasteiger partial charge in [0.25, 0.3) is 5.91 Å². The fourth-order valence-corrected chi connectivity index (χ4v) is 4.27. The monoisotopic (exact) mass is 401 g/mol. The van der Waals surface area contributed by atoms with Gasteiger partial charge in [-0.25, -0.2) is 0 Å². The highest BCUT2D eigenvalue weighted by molar-refractivity contribution is 8.00. The zero-order chi connectivity index (χ0) is 18.8. The summed E-state index contributed by atoms with van der Waals surface area (Å²) in [5, 5.41) is 3.59. The molecule has 27 heavy (non-hydrogen) atoms. The molecule has 2 aromatic carbocycles. The van der Waals surface area contributed by atoms with E-state index in [-0.39, 0.29) is 11.8 Å². The zero-order valence-corrected chi connectivity index (χ0v) is 16.4. The van der Waals surface area contributed by atoms with Gasteiger partial charge < -0.3 is 10.2 Å². The van der Waals surface area contributed by atoms with Crippen molar-refractivity contribution in [2.24, 2.45) is 0 Å². The molecule has 4 rings (SSSR count). The molecule has 1 saturated heterocycles. The lowest BCUT2D eigenvalue weighted by molar-refractivity contribution is -0.113. The smallest absolute Gasteiger partial charge is 0.254 e. The lowest BCUT2D eigenvalue weighted by Gasteiger charge is -2.35. The Morgan fingerprint density at radius 2 is 1.81 bits per heavy atom. The number of halogens is 1. The summed E-state index contributed by atoms with van der Waals surface area (Å²) >= 11 is 7.44. The first kappa shape index (κ1) is 18.3. The largest absolute Gasteiger partial charge is 0.336 e. The fraction of sp³-hybridized carbons (Fsp3) is 0.300. The molecule has 0 aliphatic carbocycles. The Morgan fingerprint density at radius 1 is 1.07 bits per heavy atom. The second-order valence-corrected chi connectivity index (χ2v) is 8.20. The van der Waals surface area contributed by atoms with Crippen LogP contribution in [0.5, 0.6) is 0 Å². The van der Waals surface area contributed by atoms with Crippen LogP contribution in [0.1, 0.15) is 15.9 Å². The van der Waals surface area contributed by atoms with Crippen LogP contribution in [0.3, 0.4) is 0 Å². The molecule has 0 saturated carbocycles. The molecule has 1 fully saturated rings. The van der Waals surface area contributed by atoms with Crippen LogP contribution in [-0.4, -0.2) is 53.5 Å². The summed E-state index contributed by atoms with van der Waals surface area (Å²) in [4.78, 5) is 29.7. The van der Waals surface area contributed by atoms with E-state index in [1.807, 2.05) is 41.3 Å². The Hall–Kier alpha value is -2.02. The third kappa shape index (κ3) is 4.29. The lowest BCUT2D eigenvalue weighted by Crippen LogP contribution is -2.48. The fourth-order valence-electron chi connectivity index (χ4n) is 3.36. The highest BCUT2D eigenvalue weighted by atomic mass is 35.5. The van der Waals surface area contributed by atoms with Crippen LogP contribution in [0.15, 0.2) is 47.4 Å². The molecular weight excluding hydrogens is 382 g/mol. The molecule has 0 spiro atoms. The number of amides is 2. The van der Waals surface area contributed by atoms with Gasteiger partial charge in [-0.15, -0.1) is 11.8 Å². The molecule has 0 aromatic heterocycles. The van der Waals surface area contributed by atoms with Crippen LogP contribution >= 0.6 is 23.4 Å². The van der Waals surface area contributed by atoms with Gasteiger partial charge in [0.05, 0.1) is 11.4 Å². The standard InChI is InChI=1S/C20H20ClN3O2S/c21-16-4-1-14(2-5-16)12-23-7-9-24(10-8-23)20(26)15-3-6-18-17(11-15)22-19(25)13-27-18/h1-6,11H,7-10,12-13H2,(H,22,25). The number of anilines is 1. The van der Waals surface area contributed by atoms with E-state index in [2.05, 4.69) is 10.2 Å². The third-order valence-corrected chi connectivity index (χ3v) is 6.16. The number of carbonyl (C=O) groups is 2. The summed E-state index contributed by atoms with van der Waals surface area (Å²) in [6.45, 7) is 3.94. The highest BCUT2D eigenvalue weighted by Gasteiger charge is 2.24. The molecule has 0 unspecified atom stereocenters. The minimum atomic E-state index is -0.0205. The van der Waals surface area contributed by atoms with Gasteiger partial charge >= 0.3 is 0 Å². The summed E-state index contributed by atoms with van der Waals surface area (Å²) in [6, 6.07) is 13.5. The van der Waals surface area contributed by atoms with E-state index in [1.165, 1.54) is 17.3 Å². The number of nitrogens with one attached hydrogen (secondary N) is 1. The average Bonchev–Trinajstić information content (AvgIpc) is 2.69. The number of carbonyl (C=O) groups excluding carboxylic acids is 2. The number of thioether (sulfide) groups is 1. The number of nitrogens with zero attached hydrogens (tertiary/aromatic N) is 2. The molecule has 5 nitrogen and oxygen atoms in total. The topological polar surface area (TPSA) is 52.7 Å². The number of benzene rings is 2. The van der Waals surface area contributed by atoms with Crippen LogP contribution in [0.2, 0.25) is 5.02 Å². The summed E-state index contributed by atoms with van der Waals surface area (Å²) in [5.41, 5.74) is 2.59. The Kier molecular flexibility index (Phi) is 5.38. The number of rotatable bonds is 3. The first-order chi connectivity index (χ1) is 13.1. The predicted molar refractivity (Wildman–Crippen MR) is 108 cm³/mol. The molecule has 1 N–H and O–H groups in total. The molecule has 2 aliphatic heterocycles.